The highest BCUT2D eigenvalue weighted by molar-refractivity contribution is 5.78. The SMILES string of the molecule is Cn1cnc2cc(CNC(=O)COc3ccccc3F)ccc21. The minimum atomic E-state index is -0.485. The molecule has 0 fully saturated rings. The molecule has 0 aliphatic heterocycles. The second kappa shape index (κ2) is 6.48. The first-order valence-corrected chi connectivity index (χ1v) is 7.17. The van der Waals surface area contributed by atoms with Crippen molar-refractivity contribution >= 4 is 16.9 Å². The van der Waals surface area contributed by atoms with E-state index in [1.165, 1.54) is 12.1 Å². The monoisotopic (exact) mass is 313 g/mol. The van der Waals surface area contributed by atoms with E-state index in [2.05, 4.69) is 10.3 Å². The maximum Gasteiger partial charge on any atom is 0.258 e. The van der Waals surface area contributed by atoms with E-state index < -0.39 is 5.82 Å². The standard InChI is InChI=1S/C17H16FN3O2/c1-21-11-20-14-8-12(6-7-15(14)21)9-19-17(22)10-23-16-5-3-2-4-13(16)18/h2-8,11H,9-10H2,1H3,(H,19,22). The minimum absolute atomic E-state index is 0.0672. The molecule has 1 amide bonds. The molecule has 0 bridgehead atoms. The lowest BCUT2D eigenvalue weighted by Crippen LogP contribution is -2.28. The van der Waals surface area contributed by atoms with Crippen molar-refractivity contribution in [3.63, 3.8) is 0 Å². The summed E-state index contributed by atoms with van der Waals surface area (Å²) >= 11 is 0. The molecule has 0 radical (unpaired) electrons. The number of para-hydroxylation sites is 1. The Labute approximate surface area is 132 Å². The number of amides is 1. The van der Waals surface area contributed by atoms with Crippen molar-refractivity contribution in [1.82, 2.24) is 14.9 Å². The number of carbonyl (C=O) groups excluding carboxylic acids is 1. The maximum absolute atomic E-state index is 13.4. The fourth-order valence-electron chi connectivity index (χ4n) is 2.25. The van der Waals surface area contributed by atoms with Gasteiger partial charge in [-0.05, 0) is 29.8 Å². The van der Waals surface area contributed by atoms with Gasteiger partial charge in [0.05, 0.1) is 17.4 Å². The molecule has 3 aromatic rings. The summed E-state index contributed by atoms with van der Waals surface area (Å²) in [5.41, 5.74) is 2.85. The topological polar surface area (TPSA) is 56.2 Å². The van der Waals surface area contributed by atoms with E-state index in [1.54, 1.807) is 18.5 Å². The Balaban J connectivity index is 1.54. The molecule has 23 heavy (non-hydrogen) atoms. The highest BCUT2D eigenvalue weighted by atomic mass is 19.1. The van der Waals surface area contributed by atoms with Gasteiger partial charge in [0.25, 0.3) is 5.91 Å². The van der Waals surface area contributed by atoms with E-state index in [9.17, 15) is 9.18 Å². The van der Waals surface area contributed by atoms with Gasteiger partial charge in [-0.1, -0.05) is 18.2 Å². The number of aromatic nitrogens is 2. The average Bonchev–Trinajstić information content (AvgIpc) is 2.93. The largest absolute Gasteiger partial charge is 0.481 e. The molecule has 1 heterocycles. The fraction of sp³-hybridized carbons (Fsp3) is 0.176. The highest BCUT2D eigenvalue weighted by Crippen LogP contribution is 2.15. The summed E-state index contributed by atoms with van der Waals surface area (Å²) in [6.07, 6.45) is 1.75. The van der Waals surface area contributed by atoms with Crippen LogP contribution in [0, 0.1) is 5.82 Å². The van der Waals surface area contributed by atoms with Gasteiger partial charge in [0, 0.05) is 13.6 Å². The number of hydrogen-bond acceptors (Lipinski definition) is 3. The van der Waals surface area contributed by atoms with Crippen LogP contribution in [0.25, 0.3) is 11.0 Å². The van der Waals surface area contributed by atoms with Crippen LogP contribution < -0.4 is 10.1 Å². The Morgan fingerprint density at radius 1 is 1.30 bits per heavy atom. The van der Waals surface area contributed by atoms with Crippen LogP contribution in [-0.2, 0) is 18.4 Å². The van der Waals surface area contributed by atoms with E-state index in [0.717, 1.165) is 16.6 Å². The van der Waals surface area contributed by atoms with E-state index in [4.69, 9.17) is 4.74 Å². The molecular formula is C17H16FN3O2. The van der Waals surface area contributed by atoms with E-state index in [1.807, 2.05) is 29.8 Å². The van der Waals surface area contributed by atoms with Gasteiger partial charge >= 0.3 is 0 Å². The normalized spacial score (nSPS) is 10.7. The van der Waals surface area contributed by atoms with Crippen molar-refractivity contribution in [3.05, 3.63) is 60.2 Å². The fourth-order valence-corrected chi connectivity index (χ4v) is 2.25. The smallest absolute Gasteiger partial charge is 0.258 e. The third kappa shape index (κ3) is 3.48. The summed E-state index contributed by atoms with van der Waals surface area (Å²) in [6.45, 7) is 0.138. The Morgan fingerprint density at radius 3 is 2.96 bits per heavy atom. The van der Waals surface area contributed by atoms with Gasteiger partial charge in [0.2, 0.25) is 0 Å². The Morgan fingerprint density at radius 2 is 2.13 bits per heavy atom. The zero-order valence-electron chi connectivity index (χ0n) is 12.6. The van der Waals surface area contributed by atoms with Crippen molar-refractivity contribution in [1.29, 1.82) is 0 Å². The third-order valence-corrected chi connectivity index (χ3v) is 3.47. The molecule has 1 aromatic heterocycles. The van der Waals surface area contributed by atoms with Crippen LogP contribution in [0.3, 0.4) is 0 Å². The number of rotatable bonds is 5. The summed E-state index contributed by atoms with van der Waals surface area (Å²) in [7, 11) is 1.93. The molecule has 0 aliphatic carbocycles. The van der Waals surface area contributed by atoms with Gasteiger partial charge in [-0.15, -0.1) is 0 Å². The van der Waals surface area contributed by atoms with E-state index in [0.29, 0.717) is 6.54 Å². The van der Waals surface area contributed by atoms with Crippen molar-refractivity contribution in [2.45, 2.75) is 6.54 Å². The summed E-state index contributed by atoms with van der Waals surface area (Å²) in [5.74, 6) is -0.729. The van der Waals surface area contributed by atoms with Crippen LogP contribution in [-0.4, -0.2) is 22.1 Å². The van der Waals surface area contributed by atoms with Crippen molar-refractivity contribution in [2.75, 3.05) is 6.61 Å². The predicted octanol–water partition coefficient (Wildman–Crippen LogP) is 2.41. The molecule has 2 aromatic carbocycles. The molecule has 0 unspecified atom stereocenters. The van der Waals surface area contributed by atoms with Gasteiger partial charge < -0.3 is 14.6 Å². The van der Waals surface area contributed by atoms with Gasteiger partial charge in [-0.25, -0.2) is 9.37 Å². The van der Waals surface area contributed by atoms with Gasteiger partial charge in [0.15, 0.2) is 18.2 Å². The summed E-state index contributed by atoms with van der Waals surface area (Å²) in [6, 6.07) is 11.8. The van der Waals surface area contributed by atoms with Crippen molar-refractivity contribution < 1.29 is 13.9 Å². The molecule has 5 nitrogen and oxygen atoms in total. The molecule has 0 saturated carbocycles. The zero-order valence-corrected chi connectivity index (χ0v) is 12.6. The Kier molecular flexibility index (Phi) is 4.23. The lowest BCUT2D eigenvalue weighted by Gasteiger charge is -2.08. The number of imidazole rings is 1. The molecule has 0 aliphatic rings. The van der Waals surface area contributed by atoms with Gasteiger partial charge in [0.1, 0.15) is 0 Å². The Bertz CT molecular complexity index is 845. The van der Waals surface area contributed by atoms with Gasteiger partial charge in [-0.2, -0.15) is 0 Å². The number of nitrogens with one attached hydrogen (secondary N) is 1. The molecule has 1 N–H and O–H groups in total. The number of nitrogens with zero attached hydrogens (tertiary/aromatic N) is 2. The molecular weight excluding hydrogens is 297 g/mol. The Hall–Kier alpha value is -2.89. The number of benzene rings is 2. The van der Waals surface area contributed by atoms with E-state index in [-0.39, 0.29) is 18.3 Å². The van der Waals surface area contributed by atoms with Crippen molar-refractivity contribution in [2.24, 2.45) is 7.05 Å². The minimum Gasteiger partial charge on any atom is -0.481 e. The molecule has 3 rings (SSSR count). The number of carbonyl (C=O) groups is 1. The van der Waals surface area contributed by atoms with E-state index >= 15 is 0 Å². The number of ether oxygens (including phenoxy) is 1. The predicted molar refractivity (Wildman–Crippen MR) is 84.5 cm³/mol. The number of hydrogen-bond donors (Lipinski definition) is 1. The lowest BCUT2D eigenvalue weighted by molar-refractivity contribution is -0.123. The highest BCUT2D eigenvalue weighted by Gasteiger charge is 2.07. The first-order chi connectivity index (χ1) is 11.1. The third-order valence-electron chi connectivity index (χ3n) is 3.47. The number of aryl methyl sites for hydroxylation is 1. The summed E-state index contributed by atoms with van der Waals surface area (Å²) in [5, 5.41) is 2.74. The summed E-state index contributed by atoms with van der Waals surface area (Å²) in [4.78, 5) is 16.1. The molecule has 0 saturated heterocycles. The van der Waals surface area contributed by atoms with Crippen LogP contribution >= 0.6 is 0 Å². The molecule has 0 spiro atoms. The van der Waals surface area contributed by atoms with Crippen LogP contribution in [0.1, 0.15) is 5.56 Å². The quantitative estimate of drug-likeness (QED) is 0.787. The maximum atomic E-state index is 13.4. The first kappa shape index (κ1) is 15.0. The van der Waals surface area contributed by atoms with Crippen LogP contribution in [0.15, 0.2) is 48.8 Å². The van der Waals surface area contributed by atoms with Crippen LogP contribution in [0.4, 0.5) is 4.39 Å². The summed E-state index contributed by atoms with van der Waals surface area (Å²) < 4.78 is 20.5. The van der Waals surface area contributed by atoms with Crippen LogP contribution in [0.2, 0.25) is 0 Å². The lowest BCUT2D eigenvalue weighted by atomic mass is 10.2. The first-order valence-electron chi connectivity index (χ1n) is 7.17. The van der Waals surface area contributed by atoms with Gasteiger partial charge in [-0.3, -0.25) is 4.79 Å². The molecule has 118 valence electrons. The molecule has 0 atom stereocenters. The number of halogens is 1. The second-order valence-corrected chi connectivity index (χ2v) is 5.17. The second-order valence-electron chi connectivity index (χ2n) is 5.17. The van der Waals surface area contributed by atoms with Crippen LogP contribution in [0.5, 0.6) is 5.75 Å². The number of fused-ring (bicyclic) bond motifs is 1. The zero-order chi connectivity index (χ0) is 16.2. The van der Waals surface area contributed by atoms with Crippen molar-refractivity contribution in [3.8, 4) is 5.75 Å². The molecule has 6 heteroatoms. The average molecular weight is 313 g/mol.